The lowest BCUT2D eigenvalue weighted by atomic mass is 10.2. The van der Waals surface area contributed by atoms with Crippen LogP contribution in [0.25, 0.3) is 0 Å². The van der Waals surface area contributed by atoms with Crippen LogP contribution in [0.15, 0.2) is 29.2 Å². The van der Waals surface area contributed by atoms with Crippen molar-refractivity contribution in [3.8, 4) is 0 Å². The van der Waals surface area contributed by atoms with Crippen LogP contribution in [0.1, 0.15) is 5.56 Å². The van der Waals surface area contributed by atoms with Crippen LogP contribution >= 0.6 is 11.8 Å². The maximum Gasteiger partial charge on any atom is 0.247 e. The van der Waals surface area contributed by atoms with Crippen LogP contribution in [0.4, 0.5) is 8.78 Å². The van der Waals surface area contributed by atoms with E-state index in [1.165, 1.54) is 0 Å². The Balaban J connectivity index is 2.64. The van der Waals surface area contributed by atoms with Crippen LogP contribution < -0.4 is 5.48 Å². The molecular weight excluding hydrogens is 208 g/mol. The van der Waals surface area contributed by atoms with E-state index in [2.05, 4.69) is 0 Å². The van der Waals surface area contributed by atoms with E-state index >= 15 is 0 Å². The molecule has 0 aliphatic rings. The molecule has 1 aromatic carbocycles. The van der Waals surface area contributed by atoms with Gasteiger partial charge in [-0.15, -0.1) is 11.8 Å². The molecule has 2 N–H and O–H groups in total. The van der Waals surface area contributed by atoms with Gasteiger partial charge in [0.15, 0.2) is 0 Å². The smallest absolute Gasteiger partial charge is 0.247 e. The van der Waals surface area contributed by atoms with Crippen molar-refractivity contribution in [1.29, 1.82) is 0 Å². The first-order valence-electron chi connectivity index (χ1n) is 4.10. The zero-order valence-electron chi connectivity index (χ0n) is 7.41. The Hall–Kier alpha value is -0.650. The lowest BCUT2D eigenvalue weighted by Crippen LogP contribution is -2.07. The first-order chi connectivity index (χ1) is 6.74. The summed E-state index contributed by atoms with van der Waals surface area (Å²) in [5, 5.41) is 8.51. The van der Waals surface area contributed by atoms with Gasteiger partial charge in [-0.2, -0.15) is 0 Å². The molecule has 0 amide bonds. The summed E-state index contributed by atoms with van der Waals surface area (Å²) in [4.78, 5) is 0.773. The highest BCUT2D eigenvalue weighted by atomic mass is 32.2. The van der Waals surface area contributed by atoms with Gasteiger partial charge in [-0.05, 0) is 11.6 Å². The number of hydrogen-bond donors (Lipinski definition) is 2. The summed E-state index contributed by atoms with van der Waals surface area (Å²) in [5.74, 6) is -0.220. The van der Waals surface area contributed by atoms with Gasteiger partial charge in [0.25, 0.3) is 0 Å². The number of thioether (sulfide) groups is 1. The molecule has 0 aliphatic carbocycles. The molecule has 1 aromatic rings. The molecule has 0 aromatic heterocycles. The number of nitrogens with one attached hydrogen (secondary N) is 1. The third-order valence-electron chi connectivity index (χ3n) is 1.61. The van der Waals surface area contributed by atoms with Crippen molar-refractivity contribution in [2.75, 3.05) is 5.75 Å². The van der Waals surface area contributed by atoms with Crippen LogP contribution in [-0.4, -0.2) is 17.4 Å². The Labute approximate surface area is 85.3 Å². The van der Waals surface area contributed by atoms with Gasteiger partial charge in [0, 0.05) is 11.4 Å². The third kappa shape index (κ3) is 3.61. The highest BCUT2D eigenvalue weighted by molar-refractivity contribution is 7.99. The molecule has 0 bridgehead atoms. The molecule has 78 valence electrons. The fraction of sp³-hybridized carbons (Fsp3) is 0.333. The quantitative estimate of drug-likeness (QED) is 0.589. The van der Waals surface area contributed by atoms with Crippen LogP contribution in [-0.2, 0) is 6.54 Å². The molecule has 0 unspecified atom stereocenters. The van der Waals surface area contributed by atoms with Crippen LogP contribution in [0, 0.1) is 0 Å². The second-order valence-corrected chi connectivity index (χ2v) is 3.71. The minimum atomic E-state index is -2.31. The Morgan fingerprint density at radius 3 is 2.71 bits per heavy atom. The molecule has 1 rings (SSSR count). The van der Waals surface area contributed by atoms with E-state index in [0.717, 1.165) is 22.2 Å². The molecule has 0 saturated carbocycles. The van der Waals surface area contributed by atoms with Crippen molar-refractivity contribution in [2.24, 2.45) is 0 Å². The normalized spacial score (nSPS) is 10.9. The van der Waals surface area contributed by atoms with E-state index in [1.807, 2.05) is 5.48 Å². The average molecular weight is 219 g/mol. The van der Waals surface area contributed by atoms with Gasteiger partial charge in [0.1, 0.15) is 0 Å². The Morgan fingerprint density at radius 2 is 2.07 bits per heavy atom. The van der Waals surface area contributed by atoms with Crippen molar-refractivity contribution >= 4 is 11.8 Å². The highest BCUT2D eigenvalue weighted by Crippen LogP contribution is 2.23. The van der Waals surface area contributed by atoms with Gasteiger partial charge >= 0.3 is 0 Å². The summed E-state index contributed by atoms with van der Waals surface area (Å²) < 4.78 is 23.9. The largest absolute Gasteiger partial charge is 0.316 e. The summed E-state index contributed by atoms with van der Waals surface area (Å²) in [5.41, 5.74) is 2.83. The van der Waals surface area contributed by atoms with Gasteiger partial charge in [0.05, 0.1) is 5.75 Å². The lowest BCUT2D eigenvalue weighted by Gasteiger charge is -2.07. The molecule has 0 heterocycles. The van der Waals surface area contributed by atoms with Gasteiger partial charge in [0.2, 0.25) is 6.43 Å². The standard InChI is InChI=1S/C9H11F2NOS/c10-9(11)6-14-8-4-2-1-3-7(8)5-12-13/h1-4,9,12-13H,5-6H2. The van der Waals surface area contributed by atoms with Gasteiger partial charge in [-0.1, -0.05) is 18.2 Å². The predicted molar refractivity (Wildman–Crippen MR) is 51.8 cm³/mol. The summed E-state index contributed by atoms with van der Waals surface area (Å²) in [6.45, 7) is 0.270. The van der Waals surface area contributed by atoms with Gasteiger partial charge in [-0.3, -0.25) is 0 Å². The van der Waals surface area contributed by atoms with Crippen molar-refractivity contribution in [1.82, 2.24) is 5.48 Å². The molecule has 2 nitrogen and oxygen atoms in total. The molecular formula is C9H11F2NOS. The van der Waals surface area contributed by atoms with Gasteiger partial charge in [-0.25, -0.2) is 14.3 Å². The molecule has 0 saturated heterocycles. The van der Waals surface area contributed by atoms with E-state index < -0.39 is 6.43 Å². The number of alkyl halides is 2. The summed E-state index contributed by atoms with van der Waals surface area (Å²) in [6, 6.07) is 7.14. The van der Waals surface area contributed by atoms with Crippen molar-refractivity contribution < 1.29 is 14.0 Å². The zero-order valence-corrected chi connectivity index (χ0v) is 8.23. The second-order valence-electron chi connectivity index (χ2n) is 2.64. The van der Waals surface area contributed by atoms with E-state index in [0.29, 0.717) is 0 Å². The lowest BCUT2D eigenvalue weighted by molar-refractivity contribution is 0.160. The maximum absolute atomic E-state index is 12.0. The third-order valence-corrected chi connectivity index (χ3v) is 2.73. The van der Waals surface area contributed by atoms with Crippen molar-refractivity contribution in [3.63, 3.8) is 0 Å². The topological polar surface area (TPSA) is 32.3 Å². The molecule has 0 aliphatic heterocycles. The number of hydroxylamine groups is 1. The Morgan fingerprint density at radius 1 is 1.36 bits per heavy atom. The molecule has 5 heteroatoms. The van der Waals surface area contributed by atoms with Crippen molar-refractivity contribution in [2.45, 2.75) is 17.9 Å². The zero-order chi connectivity index (χ0) is 10.4. The number of halogens is 2. The van der Waals surface area contributed by atoms with Crippen LogP contribution in [0.3, 0.4) is 0 Å². The second kappa shape index (κ2) is 5.95. The maximum atomic E-state index is 12.0. The fourth-order valence-electron chi connectivity index (χ4n) is 1.03. The number of benzene rings is 1. The van der Waals surface area contributed by atoms with E-state index in [1.54, 1.807) is 24.3 Å². The van der Waals surface area contributed by atoms with E-state index in [-0.39, 0.29) is 12.3 Å². The van der Waals surface area contributed by atoms with E-state index in [4.69, 9.17) is 5.21 Å². The first-order valence-corrected chi connectivity index (χ1v) is 5.08. The fourth-order valence-corrected chi connectivity index (χ4v) is 1.83. The monoisotopic (exact) mass is 219 g/mol. The summed E-state index contributed by atoms with van der Waals surface area (Å²) in [7, 11) is 0. The summed E-state index contributed by atoms with van der Waals surface area (Å²) >= 11 is 1.09. The first kappa shape index (κ1) is 11.4. The molecule has 0 spiro atoms. The van der Waals surface area contributed by atoms with Crippen LogP contribution in [0.5, 0.6) is 0 Å². The average Bonchev–Trinajstić information content (AvgIpc) is 2.17. The molecule has 14 heavy (non-hydrogen) atoms. The molecule has 0 radical (unpaired) electrons. The Kier molecular flexibility index (Phi) is 4.86. The van der Waals surface area contributed by atoms with E-state index in [9.17, 15) is 8.78 Å². The Bertz CT molecular complexity index is 283. The predicted octanol–water partition coefficient (Wildman–Crippen LogP) is 2.52. The van der Waals surface area contributed by atoms with Crippen LogP contribution in [0.2, 0.25) is 0 Å². The SMILES string of the molecule is ONCc1ccccc1SCC(F)F. The number of hydrogen-bond acceptors (Lipinski definition) is 3. The molecule has 0 fully saturated rings. The van der Waals surface area contributed by atoms with Crippen molar-refractivity contribution in [3.05, 3.63) is 29.8 Å². The van der Waals surface area contributed by atoms with Gasteiger partial charge < -0.3 is 5.21 Å². The minimum Gasteiger partial charge on any atom is -0.316 e. The highest BCUT2D eigenvalue weighted by Gasteiger charge is 2.06. The number of rotatable bonds is 5. The molecule has 0 atom stereocenters. The summed E-state index contributed by atoms with van der Waals surface area (Å²) in [6.07, 6.45) is -2.31. The minimum absolute atomic E-state index is 0.220.